The summed E-state index contributed by atoms with van der Waals surface area (Å²) in [5.41, 5.74) is -0.689. The molecule has 0 unspecified atom stereocenters. The van der Waals surface area contributed by atoms with Gasteiger partial charge in [0.25, 0.3) is 8.32 Å². The Labute approximate surface area is 175 Å². The number of Topliss-reactive ketones (excluding diaryl/α,β-unsaturated/α-hetero) is 1. The van der Waals surface area contributed by atoms with Crippen molar-refractivity contribution in [3.8, 4) is 0 Å². The molecule has 4 nitrogen and oxygen atoms in total. The van der Waals surface area contributed by atoms with Crippen molar-refractivity contribution in [3.63, 3.8) is 0 Å². The maximum Gasteiger partial charge on any atom is 0.375 e. The van der Waals surface area contributed by atoms with Crippen molar-refractivity contribution in [2.75, 3.05) is 6.61 Å². The quantitative estimate of drug-likeness (QED) is 0.394. The Bertz CT molecular complexity index is 778. The van der Waals surface area contributed by atoms with Crippen molar-refractivity contribution in [2.45, 2.75) is 58.6 Å². The van der Waals surface area contributed by atoms with Crippen molar-refractivity contribution < 1.29 is 18.8 Å². The van der Waals surface area contributed by atoms with E-state index in [4.69, 9.17) is 9.16 Å². The third kappa shape index (κ3) is 5.64. The summed E-state index contributed by atoms with van der Waals surface area (Å²) in [4.78, 5) is 24.3. The van der Waals surface area contributed by atoms with Crippen molar-refractivity contribution >= 4 is 30.4 Å². The Morgan fingerprint density at radius 3 is 1.62 bits per heavy atom. The predicted molar refractivity (Wildman–Crippen MR) is 119 cm³/mol. The van der Waals surface area contributed by atoms with Crippen LogP contribution in [0.5, 0.6) is 0 Å². The average molecular weight is 413 g/mol. The lowest BCUT2D eigenvalue weighted by Crippen LogP contribution is -2.66. The van der Waals surface area contributed by atoms with E-state index >= 15 is 0 Å². The SMILES string of the molecule is CC(C)(C)OC(=O)C(=O)CCO[Si](c1ccccc1)(c1ccccc1)C(C)(C)C. The van der Waals surface area contributed by atoms with Crippen molar-refractivity contribution in [1.82, 2.24) is 0 Å². The Morgan fingerprint density at radius 2 is 1.24 bits per heavy atom. The van der Waals surface area contributed by atoms with Gasteiger partial charge in [-0.3, -0.25) is 4.79 Å². The summed E-state index contributed by atoms with van der Waals surface area (Å²) in [7, 11) is -2.70. The summed E-state index contributed by atoms with van der Waals surface area (Å²) in [6, 6.07) is 20.4. The van der Waals surface area contributed by atoms with Crippen LogP contribution in [0, 0.1) is 0 Å². The zero-order chi connectivity index (χ0) is 21.7. The van der Waals surface area contributed by atoms with E-state index in [0.29, 0.717) is 0 Å². The highest BCUT2D eigenvalue weighted by molar-refractivity contribution is 6.99. The summed E-state index contributed by atoms with van der Waals surface area (Å²) in [5, 5.41) is 2.11. The predicted octanol–water partition coefficient (Wildman–Crippen LogP) is 3.86. The number of carbonyl (C=O) groups is 2. The molecule has 0 bridgehead atoms. The molecular formula is C24H32O4Si. The third-order valence-corrected chi connectivity index (χ3v) is 9.73. The second-order valence-corrected chi connectivity index (χ2v) is 13.5. The van der Waals surface area contributed by atoms with Gasteiger partial charge in [0.15, 0.2) is 0 Å². The number of hydrogen-bond donors (Lipinski definition) is 0. The summed E-state index contributed by atoms with van der Waals surface area (Å²) in [6.45, 7) is 11.9. The van der Waals surface area contributed by atoms with Gasteiger partial charge >= 0.3 is 5.97 Å². The molecule has 0 aliphatic carbocycles. The first kappa shape index (κ1) is 23.0. The van der Waals surface area contributed by atoms with Gasteiger partial charge in [-0.1, -0.05) is 81.4 Å². The molecule has 0 radical (unpaired) electrons. The van der Waals surface area contributed by atoms with Gasteiger partial charge in [-0.15, -0.1) is 0 Å². The summed E-state index contributed by atoms with van der Waals surface area (Å²) in [5.74, 6) is -1.36. The monoisotopic (exact) mass is 412 g/mol. The number of esters is 1. The largest absolute Gasteiger partial charge is 0.454 e. The molecule has 0 heterocycles. The highest BCUT2D eigenvalue weighted by Crippen LogP contribution is 2.36. The van der Waals surface area contributed by atoms with Crippen LogP contribution in [0.4, 0.5) is 0 Å². The van der Waals surface area contributed by atoms with E-state index in [-0.39, 0.29) is 18.1 Å². The van der Waals surface area contributed by atoms with Gasteiger partial charge in [0.2, 0.25) is 5.78 Å². The smallest absolute Gasteiger partial charge is 0.375 e. The van der Waals surface area contributed by atoms with E-state index in [9.17, 15) is 9.59 Å². The molecule has 0 saturated heterocycles. The van der Waals surface area contributed by atoms with E-state index in [1.54, 1.807) is 20.8 Å². The van der Waals surface area contributed by atoms with E-state index < -0.39 is 25.7 Å². The molecule has 156 valence electrons. The first-order chi connectivity index (χ1) is 13.5. The highest BCUT2D eigenvalue weighted by Gasteiger charge is 2.50. The number of ketones is 1. The Balaban J connectivity index is 2.32. The van der Waals surface area contributed by atoms with Gasteiger partial charge in [-0.2, -0.15) is 0 Å². The fourth-order valence-corrected chi connectivity index (χ4v) is 8.06. The van der Waals surface area contributed by atoms with Gasteiger partial charge in [-0.05, 0) is 36.2 Å². The molecule has 5 heteroatoms. The molecular weight excluding hydrogens is 380 g/mol. The first-order valence-corrected chi connectivity index (χ1v) is 11.9. The fraction of sp³-hybridized carbons (Fsp3) is 0.417. The molecule has 0 fully saturated rings. The molecule has 0 saturated carbocycles. The number of hydrogen-bond acceptors (Lipinski definition) is 4. The van der Waals surface area contributed by atoms with Crippen LogP contribution in [-0.2, 0) is 18.8 Å². The average Bonchev–Trinajstić information content (AvgIpc) is 2.64. The zero-order valence-electron chi connectivity index (χ0n) is 18.3. The standard InChI is InChI=1S/C24H32O4Si/c1-23(2,3)28-22(26)21(25)17-18-27-29(24(4,5)6,19-13-9-7-10-14-19)20-15-11-8-12-16-20/h7-16H,17-18H2,1-6H3. The summed E-state index contributed by atoms with van der Waals surface area (Å²) < 4.78 is 11.8. The highest BCUT2D eigenvalue weighted by atomic mass is 28.4. The third-order valence-electron chi connectivity index (χ3n) is 4.69. The number of carbonyl (C=O) groups excluding carboxylic acids is 2. The van der Waals surface area contributed by atoms with Gasteiger partial charge in [0, 0.05) is 13.0 Å². The molecule has 0 aliphatic heterocycles. The molecule has 0 amide bonds. The number of benzene rings is 2. The zero-order valence-corrected chi connectivity index (χ0v) is 19.3. The molecule has 29 heavy (non-hydrogen) atoms. The Hall–Kier alpha value is -2.24. The number of rotatable bonds is 7. The van der Waals surface area contributed by atoms with Crippen LogP contribution in [0.1, 0.15) is 48.0 Å². The first-order valence-electron chi connectivity index (χ1n) is 9.98. The molecule has 0 atom stereocenters. The molecule has 0 spiro atoms. The maximum atomic E-state index is 12.3. The molecule has 2 aromatic carbocycles. The number of ether oxygens (including phenoxy) is 1. The van der Waals surface area contributed by atoms with Crippen molar-refractivity contribution in [3.05, 3.63) is 60.7 Å². The van der Waals surface area contributed by atoms with Crippen molar-refractivity contribution in [1.29, 1.82) is 0 Å². The van der Waals surface area contributed by atoms with Crippen molar-refractivity contribution in [2.24, 2.45) is 0 Å². The Morgan fingerprint density at radius 1 is 0.793 bits per heavy atom. The van der Waals surface area contributed by atoms with Crippen LogP contribution >= 0.6 is 0 Å². The molecule has 2 rings (SSSR count). The van der Waals surface area contributed by atoms with Gasteiger partial charge in [0.1, 0.15) is 5.60 Å². The second-order valence-electron chi connectivity index (χ2n) is 9.19. The normalized spacial score (nSPS) is 12.5. The Kier molecular flexibility index (Phi) is 7.19. The second kappa shape index (κ2) is 9.05. The van der Waals surface area contributed by atoms with Crippen LogP contribution in [0.3, 0.4) is 0 Å². The maximum absolute atomic E-state index is 12.3. The van der Waals surface area contributed by atoms with Crippen LogP contribution in [0.25, 0.3) is 0 Å². The summed E-state index contributed by atoms with van der Waals surface area (Å²) in [6.07, 6.45) is -0.000585. The van der Waals surface area contributed by atoms with Gasteiger partial charge in [0.05, 0.1) is 0 Å². The lowest BCUT2D eigenvalue weighted by atomic mass is 10.2. The van der Waals surface area contributed by atoms with Gasteiger partial charge in [-0.25, -0.2) is 4.79 Å². The minimum absolute atomic E-state index is 0.000585. The van der Waals surface area contributed by atoms with Crippen LogP contribution in [0.15, 0.2) is 60.7 Å². The van der Waals surface area contributed by atoms with Crippen LogP contribution in [0.2, 0.25) is 5.04 Å². The van der Waals surface area contributed by atoms with E-state index in [2.05, 4.69) is 45.0 Å². The lowest BCUT2D eigenvalue weighted by molar-refractivity contribution is -0.162. The van der Waals surface area contributed by atoms with E-state index in [1.807, 2.05) is 36.4 Å². The molecule has 0 aliphatic rings. The van der Waals surface area contributed by atoms with Gasteiger partial charge < -0.3 is 9.16 Å². The van der Waals surface area contributed by atoms with Crippen LogP contribution in [-0.4, -0.2) is 32.3 Å². The lowest BCUT2D eigenvalue weighted by Gasteiger charge is -2.43. The van der Waals surface area contributed by atoms with Crippen LogP contribution < -0.4 is 10.4 Å². The summed E-state index contributed by atoms with van der Waals surface area (Å²) >= 11 is 0. The minimum atomic E-state index is -2.70. The molecule has 0 N–H and O–H groups in total. The van der Waals surface area contributed by atoms with E-state index in [0.717, 1.165) is 10.4 Å². The minimum Gasteiger partial charge on any atom is -0.454 e. The fourth-order valence-electron chi connectivity index (χ4n) is 3.50. The molecule has 2 aromatic rings. The topological polar surface area (TPSA) is 52.6 Å². The van der Waals surface area contributed by atoms with E-state index in [1.165, 1.54) is 0 Å². The molecule has 0 aromatic heterocycles.